The molecule has 0 aromatic heterocycles. The topological polar surface area (TPSA) is 96.4 Å². The maximum Gasteiger partial charge on any atom is 0.313 e. The minimum Gasteiger partial charge on any atom is -0.461 e. The van der Waals surface area contributed by atoms with Gasteiger partial charge >= 0.3 is 5.97 Å². The molecule has 0 radical (unpaired) electrons. The van der Waals surface area contributed by atoms with Crippen LogP contribution >= 0.6 is 0 Å². The molecule has 3 fully saturated rings. The van der Waals surface area contributed by atoms with Crippen molar-refractivity contribution in [3.8, 4) is 0 Å². The van der Waals surface area contributed by atoms with Crippen LogP contribution in [-0.4, -0.2) is 82.8 Å². The van der Waals surface area contributed by atoms with Crippen molar-refractivity contribution < 1.29 is 29.0 Å². The van der Waals surface area contributed by atoms with E-state index in [9.17, 15) is 19.5 Å². The fraction of sp³-hybridized carbons (Fsp3) is 0.708. The van der Waals surface area contributed by atoms with Crippen molar-refractivity contribution in [3.05, 3.63) is 25.3 Å². The van der Waals surface area contributed by atoms with Gasteiger partial charge in [-0.3, -0.25) is 14.4 Å². The Labute approximate surface area is 190 Å². The normalized spacial score (nSPS) is 32.7. The molecule has 0 aromatic rings. The second kappa shape index (κ2) is 9.75. The zero-order valence-corrected chi connectivity index (χ0v) is 19.3. The molecule has 2 amide bonds. The van der Waals surface area contributed by atoms with Crippen molar-refractivity contribution in [1.29, 1.82) is 0 Å². The van der Waals surface area contributed by atoms with Crippen molar-refractivity contribution in [3.63, 3.8) is 0 Å². The first-order valence-corrected chi connectivity index (χ1v) is 11.6. The van der Waals surface area contributed by atoms with Gasteiger partial charge in [-0.2, -0.15) is 0 Å². The smallest absolute Gasteiger partial charge is 0.313 e. The number of aliphatic hydroxyl groups is 1. The third-order valence-electron chi connectivity index (χ3n) is 7.11. The van der Waals surface area contributed by atoms with Crippen LogP contribution in [0, 0.1) is 11.8 Å². The van der Waals surface area contributed by atoms with Gasteiger partial charge in [0.25, 0.3) is 0 Å². The van der Waals surface area contributed by atoms with Crippen molar-refractivity contribution in [2.45, 2.75) is 63.2 Å². The van der Waals surface area contributed by atoms with Crippen LogP contribution in [0.2, 0.25) is 0 Å². The lowest BCUT2D eigenvalue weighted by Crippen LogP contribution is -2.56. The molecule has 1 N–H and O–H groups in total. The third-order valence-corrected chi connectivity index (χ3v) is 7.11. The monoisotopic (exact) mass is 448 g/mol. The zero-order chi connectivity index (χ0) is 23.5. The summed E-state index contributed by atoms with van der Waals surface area (Å²) in [6.07, 6.45) is 6.37. The first kappa shape index (κ1) is 24.5. The van der Waals surface area contributed by atoms with Crippen LogP contribution in [0.5, 0.6) is 0 Å². The van der Waals surface area contributed by atoms with Gasteiger partial charge in [0.15, 0.2) is 0 Å². The molecule has 3 heterocycles. The maximum atomic E-state index is 13.9. The molecule has 32 heavy (non-hydrogen) atoms. The number of carbonyl (C=O) groups excluding carboxylic acids is 3. The molecule has 3 rings (SSSR count). The van der Waals surface area contributed by atoms with Crippen LogP contribution in [0.25, 0.3) is 0 Å². The number of nitrogens with zero attached hydrogens (tertiary/aromatic N) is 2. The molecule has 2 bridgehead atoms. The lowest BCUT2D eigenvalue weighted by atomic mass is 9.66. The molecule has 3 aliphatic heterocycles. The summed E-state index contributed by atoms with van der Waals surface area (Å²) < 4.78 is 11.8. The average molecular weight is 449 g/mol. The number of hydrogen-bond acceptors (Lipinski definition) is 6. The van der Waals surface area contributed by atoms with Crippen LogP contribution in [0.1, 0.15) is 46.0 Å². The van der Waals surface area contributed by atoms with Gasteiger partial charge in [-0.05, 0) is 32.6 Å². The van der Waals surface area contributed by atoms with E-state index in [1.54, 1.807) is 11.0 Å². The van der Waals surface area contributed by atoms with Crippen LogP contribution in [0.15, 0.2) is 25.3 Å². The number of fused-ring (bicyclic) bond motifs is 1. The number of esters is 1. The quantitative estimate of drug-likeness (QED) is 0.360. The molecule has 2 unspecified atom stereocenters. The Balaban J connectivity index is 2.01. The van der Waals surface area contributed by atoms with E-state index in [0.717, 1.165) is 12.8 Å². The summed E-state index contributed by atoms with van der Waals surface area (Å²) in [7, 11) is 0. The summed E-state index contributed by atoms with van der Waals surface area (Å²) in [5.41, 5.74) is -1.92. The van der Waals surface area contributed by atoms with Gasteiger partial charge in [-0.1, -0.05) is 32.1 Å². The van der Waals surface area contributed by atoms with Crippen molar-refractivity contribution in [2.75, 3.05) is 32.8 Å². The van der Waals surface area contributed by atoms with E-state index in [-0.39, 0.29) is 31.6 Å². The fourth-order valence-corrected chi connectivity index (χ4v) is 5.74. The lowest BCUT2D eigenvalue weighted by Gasteiger charge is -2.36. The van der Waals surface area contributed by atoms with Gasteiger partial charge in [0, 0.05) is 26.2 Å². The van der Waals surface area contributed by atoms with Crippen molar-refractivity contribution in [2.24, 2.45) is 11.8 Å². The average Bonchev–Trinajstić information content (AvgIpc) is 3.33. The molecule has 8 nitrogen and oxygen atoms in total. The van der Waals surface area contributed by atoms with Crippen molar-refractivity contribution in [1.82, 2.24) is 9.80 Å². The molecular weight excluding hydrogens is 412 g/mol. The highest BCUT2D eigenvalue weighted by Gasteiger charge is 2.78. The summed E-state index contributed by atoms with van der Waals surface area (Å²) in [5.74, 6) is -2.49. The number of hydrogen-bond donors (Lipinski definition) is 1. The zero-order valence-electron chi connectivity index (χ0n) is 19.3. The lowest BCUT2D eigenvalue weighted by molar-refractivity contribution is -0.159. The standard InChI is InChI=1S/C24H36N2O6/c1-5-8-13-25(12-6-2)21(29)19-24-11-10-23(4,32-24)18(22(30)31-16-7-3)17(24)20(28)26(19)14-9-15-27/h6-7,17-19,27H,2-3,5,8-16H2,1,4H3/t17-,18+,19?,23-,24?/m0/s1. The summed E-state index contributed by atoms with van der Waals surface area (Å²) in [6, 6.07) is -0.831. The van der Waals surface area contributed by atoms with Gasteiger partial charge in [-0.25, -0.2) is 0 Å². The third kappa shape index (κ3) is 3.88. The molecule has 0 aromatic carbocycles. The van der Waals surface area contributed by atoms with Gasteiger partial charge in [0.05, 0.1) is 11.5 Å². The fourth-order valence-electron chi connectivity index (χ4n) is 5.74. The highest BCUT2D eigenvalue weighted by molar-refractivity contribution is 5.98. The Morgan fingerprint density at radius 2 is 2.06 bits per heavy atom. The van der Waals surface area contributed by atoms with E-state index in [0.29, 0.717) is 32.4 Å². The Bertz CT molecular complexity index is 770. The van der Waals surface area contributed by atoms with Gasteiger partial charge in [0.2, 0.25) is 11.8 Å². The Kier molecular flexibility index (Phi) is 7.45. The number of likely N-dealkylation sites (tertiary alicyclic amines) is 1. The number of rotatable bonds is 12. The minimum absolute atomic E-state index is 0.0556. The Hall–Kier alpha value is -2.19. The largest absolute Gasteiger partial charge is 0.461 e. The molecule has 5 atom stereocenters. The van der Waals surface area contributed by atoms with Crippen LogP contribution < -0.4 is 0 Å². The summed E-state index contributed by atoms with van der Waals surface area (Å²) in [6.45, 7) is 12.4. The summed E-state index contributed by atoms with van der Waals surface area (Å²) in [5, 5.41) is 9.40. The van der Waals surface area contributed by atoms with Crippen LogP contribution in [-0.2, 0) is 23.9 Å². The van der Waals surface area contributed by atoms with E-state index in [1.807, 2.05) is 6.92 Å². The summed E-state index contributed by atoms with van der Waals surface area (Å²) in [4.78, 5) is 43.8. The minimum atomic E-state index is -1.07. The van der Waals surface area contributed by atoms with E-state index in [4.69, 9.17) is 9.47 Å². The molecule has 8 heteroatoms. The van der Waals surface area contributed by atoms with E-state index >= 15 is 0 Å². The number of aliphatic hydroxyl groups excluding tert-OH is 1. The first-order valence-electron chi connectivity index (χ1n) is 11.6. The van der Waals surface area contributed by atoms with E-state index in [1.165, 1.54) is 11.0 Å². The van der Waals surface area contributed by atoms with Gasteiger partial charge in [-0.15, -0.1) is 6.58 Å². The Morgan fingerprint density at radius 1 is 1.31 bits per heavy atom. The SMILES string of the molecule is C=CCOC(=O)[C@H]1[C@H]2C(=O)N(CCCO)C(C(=O)N(CC=C)CCCC)C23CC[C@]1(C)O3. The maximum absolute atomic E-state index is 13.9. The molecule has 1 spiro atoms. The molecule has 3 saturated heterocycles. The molecular formula is C24H36N2O6. The Morgan fingerprint density at radius 3 is 2.69 bits per heavy atom. The van der Waals surface area contributed by atoms with Crippen molar-refractivity contribution >= 4 is 17.8 Å². The number of carbonyl (C=O) groups is 3. The van der Waals surface area contributed by atoms with E-state index in [2.05, 4.69) is 20.1 Å². The van der Waals surface area contributed by atoms with Crippen LogP contribution in [0.3, 0.4) is 0 Å². The second-order valence-electron chi connectivity index (χ2n) is 9.18. The molecule has 3 aliphatic rings. The van der Waals surface area contributed by atoms with Crippen LogP contribution in [0.4, 0.5) is 0 Å². The second-order valence-corrected chi connectivity index (χ2v) is 9.18. The highest BCUT2D eigenvalue weighted by Crippen LogP contribution is 2.63. The van der Waals surface area contributed by atoms with E-state index < -0.39 is 35.0 Å². The number of unbranched alkanes of at least 4 members (excludes halogenated alkanes) is 1. The number of amides is 2. The molecule has 0 aliphatic carbocycles. The predicted molar refractivity (Wildman–Crippen MR) is 118 cm³/mol. The van der Waals surface area contributed by atoms with Gasteiger partial charge < -0.3 is 24.4 Å². The summed E-state index contributed by atoms with van der Waals surface area (Å²) >= 11 is 0. The molecule has 0 saturated carbocycles. The van der Waals surface area contributed by atoms with Gasteiger partial charge in [0.1, 0.15) is 24.2 Å². The highest BCUT2D eigenvalue weighted by atomic mass is 16.6. The molecule has 178 valence electrons. The predicted octanol–water partition coefficient (Wildman–Crippen LogP) is 1.68. The number of ether oxygens (including phenoxy) is 2. The first-order chi connectivity index (χ1) is 15.3.